The van der Waals surface area contributed by atoms with Gasteiger partial charge < -0.3 is 10.6 Å². The number of carbonyl (C=O) groups is 1. The van der Waals surface area contributed by atoms with Crippen molar-refractivity contribution in [2.24, 2.45) is 4.99 Å². The Bertz CT molecular complexity index is 1110. The Kier molecular flexibility index (Phi) is 11.4. The second-order valence-electron chi connectivity index (χ2n) is 8.20. The van der Waals surface area contributed by atoms with Gasteiger partial charge in [-0.15, -0.1) is 15.3 Å². The summed E-state index contributed by atoms with van der Waals surface area (Å²) in [5.74, 6) is 0.330. The van der Waals surface area contributed by atoms with Crippen molar-refractivity contribution in [2.75, 3.05) is 10.6 Å². The van der Waals surface area contributed by atoms with E-state index in [1.165, 1.54) is 17.5 Å². The van der Waals surface area contributed by atoms with Gasteiger partial charge in [0.25, 0.3) is 0 Å². The van der Waals surface area contributed by atoms with E-state index in [4.69, 9.17) is 0 Å². The van der Waals surface area contributed by atoms with Gasteiger partial charge in [-0.3, -0.25) is 9.79 Å². The van der Waals surface area contributed by atoms with E-state index < -0.39 is 0 Å². The molecule has 0 aliphatic carbocycles. The van der Waals surface area contributed by atoms with Crippen LogP contribution < -0.4 is 10.6 Å². The highest BCUT2D eigenvalue weighted by Crippen LogP contribution is 2.20. The fraction of sp³-hybridized carbons (Fsp3) is 0.308. The molecule has 0 aliphatic rings. The molecule has 2 N–H and O–H groups in total. The largest absolute Gasteiger partial charge is 0.334 e. The van der Waals surface area contributed by atoms with Crippen molar-refractivity contribution in [3.8, 4) is 0 Å². The maximum Gasteiger partial charge on any atom is 0.229 e. The molecule has 0 radical (unpaired) electrons. The van der Waals surface area contributed by atoms with Crippen LogP contribution in [-0.4, -0.2) is 32.5 Å². The van der Waals surface area contributed by atoms with Crippen LogP contribution in [0.25, 0.3) is 0 Å². The number of allylic oxidation sites excluding steroid dienone is 3. The van der Waals surface area contributed by atoms with Crippen LogP contribution in [-0.2, 0) is 17.6 Å². The van der Waals surface area contributed by atoms with Crippen LogP contribution in [0, 0.1) is 0 Å². The molecule has 0 saturated carbocycles. The van der Waals surface area contributed by atoms with Gasteiger partial charge in [-0.1, -0.05) is 54.9 Å². The summed E-state index contributed by atoms with van der Waals surface area (Å²) in [4.78, 5) is 16.0. The SMILES string of the molecule is C=CN=CC(=C)CC(=C)Nc1nnc(CCCCc2ccc(NC(=O)C/C(C)=C/C(=C)C)nn2)s1. The third-order valence-corrected chi connectivity index (χ3v) is 5.45. The number of aliphatic imine (C=N–C) groups is 1. The van der Waals surface area contributed by atoms with E-state index >= 15 is 0 Å². The molecule has 8 nitrogen and oxygen atoms in total. The summed E-state index contributed by atoms with van der Waals surface area (Å²) in [7, 11) is 0. The van der Waals surface area contributed by atoms with E-state index in [0.29, 0.717) is 23.8 Å². The zero-order valence-corrected chi connectivity index (χ0v) is 21.3. The Balaban J connectivity index is 1.70. The lowest BCUT2D eigenvalue weighted by Crippen LogP contribution is -2.13. The van der Waals surface area contributed by atoms with E-state index in [1.807, 2.05) is 26.0 Å². The van der Waals surface area contributed by atoms with E-state index in [1.54, 1.807) is 12.3 Å². The number of amides is 1. The molecule has 2 heterocycles. The van der Waals surface area contributed by atoms with Crippen molar-refractivity contribution in [3.05, 3.63) is 83.8 Å². The molecular weight excluding hydrogens is 458 g/mol. The average molecular weight is 492 g/mol. The van der Waals surface area contributed by atoms with Crippen LogP contribution in [0.2, 0.25) is 0 Å². The van der Waals surface area contributed by atoms with Crippen molar-refractivity contribution in [1.82, 2.24) is 20.4 Å². The van der Waals surface area contributed by atoms with E-state index in [2.05, 4.69) is 62.3 Å². The van der Waals surface area contributed by atoms with Crippen LogP contribution in [0.3, 0.4) is 0 Å². The summed E-state index contributed by atoms with van der Waals surface area (Å²) in [5.41, 5.74) is 4.36. The molecule has 184 valence electrons. The second-order valence-corrected chi connectivity index (χ2v) is 9.27. The molecular formula is C26H33N7OS. The Labute approximate surface area is 211 Å². The van der Waals surface area contributed by atoms with E-state index in [0.717, 1.165) is 58.8 Å². The minimum atomic E-state index is -0.122. The van der Waals surface area contributed by atoms with Gasteiger partial charge in [0.15, 0.2) is 5.82 Å². The fourth-order valence-corrected chi connectivity index (χ4v) is 3.96. The molecule has 0 aromatic carbocycles. The third kappa shape index (κ3) is 11.3. The van der Waals surface area contributed by atoms with Gasteiger partial charge in [-0.05, 0) is 50.8 Å². The van der Waals surface area contributed by atoms with Gasteiger partial charge in [-0.2, -0.15) is 5.10 Å². The highest BCUT2D eigenvalue weighted by atomic mass is 32.1. The van der Waals surface area contributed by atoms with Crippen molar-refractivity contribution >= 4 is 34.4 Å². The van der Waals surface area contributed by atoms with E-state index in [-0.39, 0.29) is 5.91 Å². The molecule has 0 spiro atoms. The Morgan fingerprint density at radius 1 is 1.03 bits per heavy atom. The molecule has 0 atom stereocenters. The van der Waals surface area contributed by atoms with Crippen molar-refractivity contribution in [1.29, 1.82) is 0 Å². The number of anilines is 2. The van der Waals surface area contributed by atoms with Crippen LogP contribution in [0.4, 0.5) is 10.9 Å². The minimum absolute atomic E-state index is 0.122. The molecule has 0 bridgehead atoms. The lowest BCUT2D eigenvalue weighted by molar-refractivity contribution is -0.115. The van der Waals surface area contributed by atoms with Crippen molar-refractivity contribution in [3.63, 3.8) is 0 Å². The topological polar surface area (TPSA) is 105 Å². The standard InChI is InChI=1S/C26H33N7OS/c1-7-27-17-20(5)15-21(6)28-26-33-32-25(35-26)11-9-8-10-22-12-13-23(31-30-22)29-24(34)16-19(4)14-18(2)3/h7,12-14,17H,1-2,5-6,8-11,15-16H2,3-4H3,(H,28,33)(H,29,31,34)/b19-14+,27-17?. The highest BCUT2D eigenvalue weighted by Gasteiger charge is 2.08. The second kappa shape index (κ2) is 14.5. The van der Waals surface area contributed by atoms with Gasteiger partial charge in [0.1, 0.15) is 5.01 Å². The summed E-state index contributed by atoms with van der Waals surface area (Å²) in [6.07, 6.45) is 9.43. The number of nitrogens with one attached hydrogen (secondary N) is 2. The average Bonchev–Trinajstić information content (AvgIpc) is 3.22. The first-order chi connectivity index (χ1) is 16.7. The smallest absolute Gasteiger partial charge is 0.229 e. The number of hydrogen-bond acceptors (Lipinski definition) is 8. The molecule has 1 amide bonds. The number of carbonyl (C=O) groups excluding carboxylic acids is 1. The van der Waals surface area contributed by atoms with Gasteiger partial charge in [0.05, 0.1) is 5.69 Å². The highest BCUT2D eigenvalue weighted by molar-refractivity contribution is 7.15. The zero-order chi connectivity index (χ0) is 25.6. The lowest BCUT2D eigenvalue weighted by atomic mass is 10.1. The zero-order valence-electron chi connectivity index (χ0n) is 20.5. The summed E-state index contributed by atoms with van der Waals surface area (Å²) in [6.45, 7) is 19.1. The van der Waals surface area contributed by atoms with Gasteiger partial charge in [-0.25, -0.2) is 0 Å². The first kappa shape index (κ1) is 27.5. The molecule has 9 heteroatoms. The molecule has 0 aliphatic heterocycles. The summed E-state index contributed by atoms with van der Waals surface area (Å²) in [6, 6.07) is 3.68. The monoisotopic (exact) mass is 491 g/mol. The van der Waals surface area contributed by atoms with Gasteiger partial charge >= 0.3 is 0 Å². The van der Waals surface area contributed by atoms with Crippen LogP contribution in [0.5, 0.6) is 0 Å². The van der Waals surface area contributed by atoms with Crippen LogP contribution in [0.1, 0.15) is 50.2 Å². The van der Waals surface area contributed by atoms with Gasteiger partial charge in [0, 0.05) is 37.4 Å². The Morgan fingerprint density at radius 3 is 2.49 bits per heavy atom. The number of hydrogen-bond donors (Lipinski definition) is 2. The number of rotatable bonds is 15. The minimum Gasteiger partial charge on any atom is -0.334 e. The number of aryl methyl sites for hydroxylation is 2. The maximum absolute atomic E-state index is 12.1. The number of nitrogens with zero attached hydrogens (tertiary/aromatic N) is 5. The normalized spacial score (nSPS) is 11.3. The van der Waals surface area contributed by atoms with Crippen LogP contribution >= 0.6 is 11.3 Å². The first-order valence-corrected chi connectivity index (χ1v) is 12.1. The fourth-order valence-electron chi connectivity index (χ4n) is 3.13. The van der Waals surface area contributed by atoms with E-state index in [9.17, 15) is 4.79 Å². The number of aromatic nitrogens is 4. The van der Waals surface area contributed by atoms with Crippen molar-refractivity contribution in [2.45, 2.75) is 52.4 Å². The predicted octanol–water partition coefficient (Wildman–Crippen LogP) is 5.83. The van der Waals surface area contributed by atoms with Gasteiger partial charge in [0.2, 0.25) is 11.0 Å². The molecule has 2 aromatic rings. The molecule has 2 aromatic heterocycles. The molecule has 35 heavy (non-hydrogen) atoms. The van der Waals surface area contributed by atoms with Crippen molar-refractivity contribution < 1.29 is 4.79 Å². The molecule has 0 unspecified atom stereocenters. The molecule has 2 rings (SSSR count). The number of unbranched alkanes of at least 4 members (excludes halogenated alkanes) is 1. The molecule has 0 fully saturated rings. The quantitative estimate of drug-likeness (QED) is 0.184. The summed E-state index contributed by atoms with van der Waals surface area (Å²) in [5, 5.41) is 24.4. The molecule has 0 saturated heterocycles. The first-order valence-electron chi connectivity index (χ1n) is 11.3. The third-order valence-electron chi connectivity index (χ3n) is 4.55. The van der Waals surface area contributed by atoms with Crippen LogP contribution in [0.15, 0.2) is 78.1 Å². The lowest BCUT2D eigenvalue weighted by Gasteiger charge is -2.05. The predicted molar refractivity (Wildman–Crippen MR) is 146 cm³/mol. The Morgan fingerprint density at radius 2 is 1.80 bits per heavy atom. The summed E-state index contributed by atoms with van der Waals surface area (Å²) >= 11 is 1.52. The Hall–Kier alpha value is -3.72. The maximum atomic E-state index is 12.1. The summed E-state index contributed by atoms with van der Waals surface area (Å²) < 4.78 is 0.